The van der Waals surface area contributed by atoms with Crippen molar-refractivity contribution in [3.05, 3.63) is 12.2 Å². The highest BCUT2D eigenvalue weighted by atomic mass is 32.2. The van der Waals surface area contributed by atoms with Gasteiger partial charge in [-0.2, -0.15) is 0 Å². The molecule has 0 amide bonds. The molecule has 0 bridgehead atoms. The van der Waals surface area contributed by atoms with Gasteiger partial charge in [-0.1, -0.05) is 13.5 Å². The van der Waals surface area contributed by atoms with Gasteiger partial charge in [-0.25, -0.2) is 9.59 Å². The van der Waals surface area contributed by atoms with Crippen LogP contribution in [0.4, 0.5) is 0 Å². The van der Waals surface area contributed by atoms with Gasteiger partial charge in [0.1, 0.15) is 0 Å². The summed E-state index contributed by atoms with van der Waals surface area (Å²) in [5.41, 5.74) is -0.0900. The summed E-state index contributed by atoms with van der Waals surface area (Å²) in [5.74, 6) is -1.17. The van der Waals surface area contributed by atoms with E-state index in [-0.39, 0.29) is 22.4 Å². The minimum Gasteiger partial charge on any atom is -0.450 e. The second-order valence-electron chi connectivity index (χ2n) is 4.16. The molecule has 5 nitrogen and oxygen atoms in total. The molecule has 18 heavy (non-hydrogen) atoms. The van der Waals surface area contributed by atoms with Crippen LogP contribution < -0.4 is 0 Å². The highest BCUT2D eigenvalue weighted by molar-refractivity contribution is 8.00. The Kier molecular flexibility index (Phi) is 5.68. The third-order valence-electron chi connectivity index (χ3n) is 2.46. The average Bonchev–Trinajstić information content (AvgIpc) is 2.30. The lowest BCUT2D eigenvalue weighted by Gasteiger charge is -2.31. The fraction of sp³-hybridized carbons (Fsp3) is 0.667. The first-order chi connectivity index (χ1) is 8.40. The number of ether oxygens (including phenoxy) is 3. The Labute approximate surface area is 111 Å². The Morgan fingerprint density at radius 3 is 2.67 bits per heavy atom. The maximum Gasteiger partial charge on any atom is 0.345 e. The first kappa shape index (κ1) is 15.0. The molecule has 3 unspecified atom stereocenters. The zero-order valence-electron chi connectivity index (χ0n) is 10.8. The van der Waals surface area contributed by atoms with Gasteiger partial charge in [-0.15, -0.1) is 11.8 Å². The lowest BCUT2D eigenvalue weighted by Crippen LogP contribution is -2.36. The van der Waals surface area contributed by atoms with Crippen LogP contribution >= 0.6 is 11.8 Å². The van der Waals surface area contributed by atoms with Crippen molar-refractivity contribution in [2.75, 3.05) is 13.2 Å². The Balaban J connectivity index is 2.28. The van der Waals surface area contributed by atoms with E-state index in [0.29, 0.717) is 6.61 Å². The van der Waals surface area contributed by atoms with Crippen LogP contribution in [0.2, 0.25) is 0 Å². The van der Waals surface area contributed by atoms with Crippen molar-refractivity contribution in [2.24, 2.45) is 0 Å². The molecule has 102 valence electrons. The molecule has 0 aliphatic carbocycles. The summed E-state index contributed by atoms with van der Waals surface area (Å²) in [7, 11) is 0. The van der Waals surface area contributed by atoms with Gasteiger partial charge in [0.05, 0.1) is 12.7 Å². The molecule has 1 fully saturated rings. The summed E-state index contributed by atoms with van der Waals surface area (Å²) in [5, 5.41) is 0.259. The third-order valence-corrected chi connectivity index (χ3v) is 3.80. The molecule has 0 radical (unpaired) electrons. The van der Waals surface area contributed by atoms with Crippen LogP contribution in [0.3, 0.4) is 0 Å². The molecule has 0 saturated carbocycles. The van der Waals surface area contributed by atoms with Gasteiger partial charge in [-0.3, -0.25) is 0 Å². The highest BCUT2D eigenvalue weighted by Crippen LogP contribution is 2.28. The van der Waals surface area contributed by atoms with E-state index in [1.807, 2.05) is 13.8 Å². The molecule has 1 aliphatic heterocycles. The second kappa shape index (κ2) is 6.80. The zero-order chi connectivity index (χ0) is 13.7. The van der Waals surface area contributed by atoms with Crippen LogP contribution in [0.25, 0.3) is 0 Å². The normalized spacial score (nSPS) is 27.4. The molecule has 1 rings (SSSR count). The first-order valence-electron chi connectivity index (χ1n) is 5.69. The molecule has 1 aliphatic rings. The van der Waals surface area contributed by atoms with Crippen molar-refractivity contribution in [2.45, 2.75) is 37.6 Å². The van der Waals surface area contributed by atoms with E-state index >= 15 is 0 Å². The van der Waals surface area contributed by atoms with E-state index in [9.17, 15) is 9.59 Å². The largest absolute Gasteiger partial charge is 0.450 e. The van der Waals surface area contributed by atoms with Gasteiger partial charge in [0.2, 0.25) is 0 Å². The van der Waals surface area contributed by atoms with E-state index in [2.05, 4.69) is 6.58 Å². The van der Waals surface area contributed by atoms with Crippen LogP contribution in [-0.4, -0.2) is 41.9 Å². The molecule has 0 spiro atoms. The minimum absolute atomic E-state index is 0.145. The Morgan fingerprint density at radius 2 is 2.11 bits per heavy atom. The van der Waals surface area contributed by atoms with Gasteiger partial charge in [0, 0.05) is 10.8 Å². The summed E-state index contributed by atoms with van der Waals surface area (Å²) >= 11 is 1.54. The van der Waals surface area contributed by atoms with Crippen molar-refractivity contribution in [1.29, 1.82) is 0 Å². The van der Waals surface area contributed by atoms with Crippen LogP contribution in [0.1, 0.15) is 20.8 Å². The maximum absolute atomic E-state index is 11.4. The van der Waals surface area contributed by atoms with Gasteiger partial charge >= 0.3 is 11.9 Å². The number of rotatable bonds is 4. The number of carbonyl (C=O) groups is 2. The van der Waals surface area contributed by atoms with Crippen LogP contribution in [-0.2, 0) is 23.8 Å². The number of hydrogen-bond donors (Lipinski definition) is 0. The number of esters is 2. The summed E-state index contributed by atoms with van der Waals surface area (Å²) in [6, 6.07) is 0. The smallest absolute Gasteiger partial charge is 0.345 e. The van der Waals surface area contributed by atoms with E-state index in [1.54, 1.807) is 0 Å². The quantitative estimate of drug-likeness (QED) is 0.572. The highest BCUT2D eigenvalue weighted by Gasteiger charge is 2.28. The summed E-state index contributed by atoms with van der Waals surface area (Å²) in [6.07, 6.45) is 0.145. The first-order valence-corrected chi connectivity index (χ1v) is 6.63. The fourth-order valence-electron chi connectivity index (χ4n) is 1.25. The molecule has 0 N–H and O–H groups in total. The SMILES string of the molecule is C=C(C)C(=O)OCC(=O)OC1COC(C)C(C)S1. The number of carbonyl (C=O) groups excluding carboxylic acids is 2. The van der Waals surface area contributed by atoms with Gasteiger partial charge in [0.15, 0.2) is 12.0 Å². The molecule has 6 heteroatoms. The number of hydrogen-bond acceptors (Lipinski definition) is 6. The van der Waals surface area contributed by atoms with Crippen LogP contribution in [0.5, 0.6) is 0 Å². The molecular formula is C12H18O5S. The van der Waals surface area contributed by atoms with Crippen molar-refractivity contribution < 1.29 is 23.8 Å². The second-order valence-corrected chi connectivity index (χ2v) is 5.70. The molecule has 1 saturated heterocycles. The lowest BCUT2D eigenvalue weighted by atomic mass is 10.3. The van der Waals surface area contributed by atoms with Gasteiger partial charge < -0.3 is 14.2 Å². The molecule has 3 atom stereocenters. The predicted octanol–water partition coefficient (Wildman–Crippen LogP) is 1.52. The topological polar surface area (TPSA) is 61.8 Å². The molecule has 0 aromatic heterocycles. The summed E-state index contributed by atoms with van der Waals surface area (Å²) in [4.78, 5) is 22.5. The third kappa shape index (κ3) is 4.70. The van der Waals surface area contributed by atoms with E-state index < -0.39 is 18.5 Å². The van der Waals surface area contributed by atoms with E-state index in [4.69, 9.17) is 14.2 Å². The predicted molar refractivity (Wildman–Crippen MR) is 68.1 cm³/mol. The van der Waals surface area contributed by atoms with Crippen LogP contribution in [0.15, 0.2) is 12.2 Å². The monoisotopic (exact) mass is 274 g/mol. The van der Waals surface area contributed by atoms with Crippen molar-refractivity contribution in [1.82, 2.24) is 0 Å². The van der Waals surface area contributed by atoms with Crippen molar-refractivity contribution in [3.63, 3.8) is 0 Å². The Hall–Kier alpha value is -1.01. The lowest BCUT2D eigenvalue weighted by molar-refractivity contribution is -0.159. The standard InChI is InChI=1S/C12H18O5S/c1-7(2)12(14)16-5-10(13)17-11-6-15-8(3)9(4)18-11/h8-9,11H,1,5-6H2,2-4H3. The molecule has 0 aromatic carbocycles. The van der Waals surface area contributed by atoms with E-state index in [1.165, 1.54) is 18.7 Å². The van der Waals surface area contributed by atoms with E-state index in [0.717, 1.165) is 0 Å². The Morgan fingerprint density at radius 1 is 1.44 bits per heavy atom. The van der Waals surface area contributed by atoms with Gasteiger partial charge in [0.25, 0.3) is 0 Å². The maximum atomic E-state index is 11.4. The van der Waals surface area contributed by atoms with Gasteiger partial charge in [-0.05, 0) is 13.8 Å². The summed E-state index contributed by atoms with van der Waals surface area (Å²) < 4.78 is 15.3. The zero-order valence-corrected chi connectivity index (χ0v) is 11.6. The fourth-order valence-corrected chi connectivity index (χ4v) is 2.34. The average molecular weight is 274 g/mol. The molecule has 0 aromatic rings. The van der Waals surface area contributed by atoms with Crippen molar-refractivity contribution >= 4 is 23.7 Å². The number of thioether (sulfide) groups is 1. The molecular weight excluding hydrogens is 256 g/mol. The minimum atomic E-state index is -0.596. The summed E-state index contributed by atoms with van der Waals surface area (Å²) in [6.45, 7) is 8.88. The Bertz CT molecular complexity index is 341. The van der Waals surface area contributed by atoms with Crippen LogP contribution in [0, 0.1) is 0 Å². The molecule has 1 heterocycles. The van der Waals surface area contributed by atoms with Crippen molar-refractivity contribution in [3.8, 4) is 0 Å².